The van der Waals surface area contributed by atoms with Crippen molar-refractivity contribution in [3.05, 3.63) is 65.7 Å². The Hall–Kier alpha value is -2.33. The summed E-state index contributed by atoms with van der Waals surface area (Å²) in [5.41, 5.74) is 3.59. The number of benzene rings is 2. The van der Waals surface area contributed by atoms with Crippen molar-refractivity contribution in [2.24, 2.45) is 0 Å². The van der Waals surface area contributed by atoms with Crippen molar-refractivity contribution < 1.29 is 4.79 Å². The molecule has 1 saturated heterocycles. The molecule has 2 aromatic carbocycles. The molecule has 1 aliphatic heterocycles. The van der Waals surface area contributed by atoms with E-state index in [1.165, 1.54) is 24.0 Å². The smallest absolute Gasteiger partial charge is 0.321 e. The van der Waals surface area contributed by atoms with Gasteiger partial charge in [-0.3, -0.25) is 4.90 Å². The van der Waals surface area contributed by atoms with E-state index in [1.54, 1.807) is 0 Å². The highest BCUT2D eigenvalue weighted by molar-refractivity contribution is 5.89. The van der Waals surface area contributed by atoms with Crippen LogP contribution in [-0.2, 0) is 12.8 Å². The van der Waals surface area contributed by atoms with E-state index >= 15 is 0 Å². The average molecular weight is 366 g/mol. The zero-order chi connectivity index (χ0) is 18.9. The van der Waals surface area contributed by atoms with Gasteiger partial charge in [-0.25, -0.2) is 4.79 Å². The molecule has 2 amide bonds. The van der Waals surface area contributed by atoms with Gasteiger partial charge in [-0.2, -0.15) is 0 Å². The van der Waals surface area contributed by atoms with Gasteiger partial charge in [0, 0.05) is 38.4 Å². The van der Waals surface area contributed by atoms with Crippen LogP contribution >= 0.6 is 0 Å². The fraction of sp³-hybridized carbons (Fsp3) is 0.435. The van der Waals surface area contributed by atoms with Crippen LogP contribution in [0.25, 0.3) is 0 Å². The van der Waals surface area contributed by atoms with E-state index in [-0.39, 0.29) is 6.03 Å². The fourth-order valence-electron chi connectivity index (χ4n) is 3.44. The molecule has 3 rings (SSSR count). The van der Waals surface area contributed by atoms with Crippen LogP contribution in [0.2, 0.25) is 0 Å². The molecule has 0 radical (unpaired) electrons. The number of anilines is 1. The zero-order valence-electron chi connectivity index (χ0n) is 16.4. The van der Waals surface area contributed by atoms with Crippen LogP contribution in [0.5, 0.6) is 0 Å². The minimum atomic E-state index is 0.0130. The molecule has 1 heterocycles. The molecule has 0 unspecified atom stereocenters. The van der Waals surface area contributed by atoms with Crippen molar-refractivity contribution in [1.82, 2.24) is 9.80 Å². The van der Waals surface area contributed by atoms with E-state index in [0.29, 0.717) is 0 Å². The largest absolute Gasteiger partial charge is 0.322 e. The normalized spacial score (nSPS) is 14.9. The number of carbonyl (C=O) groups is 1. The third-order valence-corrected chi connectivity index (χ3v) is 5.24. The van der Waals surface area contributed by atoms with Gasteiger partial charge >= 0.3 is 6.03 Å². The summed E-state index contributed by atoms with van der Waals surface area (Å²) in [5, 5.41) is 3.04. The highest BCUT2D eigenvalue weighted by Gasteiger charge is 2.20. The summed E-state index contributed by atoms with van der Waals surface area (Å²) in [6, 6.07) is 18.9. The number of carbonyl (C=O) groups excluding carboxylic acids is 1. The second-order valence-electron chi connectivity index (χ2n) is 7.29. The number of rotatable bonds is 7. The van der Waals surface area contributed by atoms with Gasteiger partial charge in [0.25, 0.3) is 0 Å². The Morgan fingerprint density at radius 2 is 1.56 bits per heavy atom. The molecule has 2 aromatic rings. The summed E-state index contributed by atoms with van der Waals surface area (Å²) in [7, 11) is 0. The first kappa shape index (κ1) is 19.4. The quantitative estimate of drug-likeness (QED) is 0.788. The van der Waals surface area contributed by atoms with Crippen molar-refractivity contribution in [2.45, 2.75) is 32.6 Å². The van der Waals surface area contributed by atoms with E-state index < -0.39 is 0 Å². The molecule has 1 fully saturated rings. The number of hydrogen-bond acceptors (Lipinski definition) is 2. The van der Waals surface area contributed by atoms with Crippen LogP contribution in [0.3, 0.4) is 0 Å². The maximum Gasteiger partial charge on any atom is 0.321 e. The van der Waals surface area contributed by atoms with E-state index in [9.17, 15) is 4.79 Å². The third kappa shape index (κ3) is 6.10. The molecule has 4 nitrogen and oxygen atoms in total. The highest BCUT2D eigenvalue weighted by Crippen LogP contribution is 2.13. The van der Waals surface area contributed by atoms with Crippen LogP contribution in [0.1, 0.15) is 30.9 Å². The first-order chi connectivity index (χ1) is 13.2. The number of unbranched alkanes of at least 4 members (excludes halogenated alkanes) is 1. The van der Waals surface area contributed by atoms with Crippen molar-refractivity contribution in [3.63, 3.8) is 0 Å². The molecular formula is C23H31N3O. The molecule has 0 aliphatic carbocycles. The molecule has 0 saturated carbocycles. The van der Waals surface area contributed by atoms with Crippen LogP contribution in [0.4, 0.5) is 10.5 Å². The fourth-order valence-corrected chi connectivity index (χ4v) is 3.44. The Kier molecular flexibility index (Phi) is 7.28. The van der Waals surface area contributed by atoms with Crippen LogP contribution in [-0.4, -0.2) is 48.6 Å². The molecule has 0 atom stereocenters. The monoisotopic (exact) mass is 365 g/mol. The van der Waals surface area contributed by atoms with E-state index in [4.69, 9.17) is 0 Å². The minimum absolute atomic E-state index is 0.0130. The maximum absolute atomic E-state index is 12.5. The molecule has 27 heavy (non-hydrogen) atoms. The average Bonchev–Trinajstić information content (AvgIpc) is 2.73. The van der Waals surface area contributed by atoms with E-state index in [1.807, 2.05) is 17.0 Å². The molecular weight excluding hydrogens is 334 g/mol. The van der Waals surface area contributed by atoms with Gasteiger partial charge in [0.2, 0.25) is 0 Å². The summed E-state index contributed by atoms with van der Waals surface area (Å²) in [6.07, 6.45) is 4.59. The lowest BCUT2D eigenvalue weighted by atomic mass is 10.1. The summed E-state index contributed by atoms with van der Waals surface area (Å²) >= 11 is 0. The second kappa shape index (κ2) is 10.1. The Bertz CT molecular complexity index is 691. The zero-order valence-corrected chi connectivity index (χ0v) is 16.4. The molecule has 144 valence electrons. The van der Waals surface area contributed by atoms with Crippen molar-refractivity contribution in [2.75, 3.05) is 38.0 Å². The predicted molar refractivity (Wildman–Crippen MR) is 112 cm³/mol. The first-order valence-electron chi connectivity index (χ1n) is 10.2. The predicted octanol–water partition coefficient (Wildman–Crippen LogP) is 4.42. The molecule has 0 aromatic heterocycles. The SMILES string of the molecule is CCCCc1ccc(NC(=O)N2CCN(CCc3ccccc3)CC2)cc1. The lowest BCUT2D eigenvalue weighted by Crippen LogP contribution is -2.50. The Balaban J connectivity index is 1.40. The Morgan fingerprint density at radius 3 is 2.22 bits per heavy atom. The lowest BCUT2D eigenvalue weighted by Gasteiger charge is -2.34. The number of amides is 2. The van der Waals surface area contributed by atoms with Crippen LogP contribution in [0, 0.1) is 0 Å². The number of aryl methyl sites for hydroxylation is 1. The maximum atomic E-state index is 12.5. The number of urea groups is 1. The molecule has 0 bridgehead atoms. The van der Waals surface area contributed by atoms with Gasteiger partial charge in [0.1, 0.15) is 0 Å². The number of nitrogens with one attached hydrogen (secondary N) is 1. The summed E-state index contributed by atoms with van der Waals surface area (Å²) in [4.78, 5) is 16.9. The van der Waals surface area contributed by atoms with Crippen LogP contribution < -0.4 is 5.32 Å². The van der Waals surface area contributed by atoms with Gasteiger partial charge in [-0.05, 0) is 42.5 Å². The van der Waals surface area contributed by atoms with Crippen molar-refractivity contribution in [1.29, 1.82) is 0 Å². The number of hydrogen-bond donors (Lipinski definition) is 1. The molecule has 0 spiro atoms. The molecule has 4 heteroatoms. The highest BCUT2D eigenvalue weighted by atomic mass is 16.2. The van der Waals surface area contributed by atoms with Crippen molar-refractivity contribution in [3.8, 4) is 0 Å². The molecule has 1 aliphatic rings. The summed E-state index contributed by atoms with van der Waals surface area (Å²) in [5.74, 6) is 0. The Labute approximate surface area is 163 Å². The molecule has 1 N–H and O–H groups in total. The summed E-state index contributed by atoms with van der Waals surface area (Å²) in [6.45, 7) is 6.71. The van der Waals surface area contributed by atoms with Gasteiger partial charge in [-0.1, -0.05) is 55.8 Å². The first-order valence-corrected chi connectivity index (χ1v) is 10.2. The summed E-state index contributed by atoms with van der Waals surface area (Å²) < 4.78 is 0. The topological polar surface area (TPSA) is 35.6 Å². The minimum Gasteiger partial charge on any atom is -0.322 e. The lowest BCUT2D eigenvalue weighted by molar-refractivity contribution is 0.148. The number of piperazine rings is 1. The van der Waals surface area contributed by atoms with Gasteiger partial charge < -0.3 is 10.2 Å². The van der Waals surface area contributed by atoms with E-state index in [2.05, 4.69) is 59.6 Å². The van der Waals surface area contributed by atoms with Crippen molar-refractivity contribution >= 4 is 11.7 Å². The van der Waals surface area contributed by atoms with E-state index in [0.717, 1.165) is 51.3 Å². The van der Waals surface area contributed by atoms with Gasteiger partial charge in [-0.15, -0.1) is 0 Å². The third-order valence-electron chi connectivity index (χ3n) is 5.24. The van der Waals surface area contributed by atoms with Crippen LogP contribution in [0.15, 0.2) is 54.6 Å². The van der Waals surface area contributed by atoms with Gasteiger partial charge in [0.05, 0.1) is 0 Å². The standard InChI is InChI=1S/C23H31N3O/c1-2-3-7-21-10-12-22(13-11-21)24-23(27)26-18-16-25(17-19-26)15-14-20-8-5-4-6-9-20/h4-6,8-13H,2-3,7,14-19H2,1H3,(H,24,27). The second-order valence-corrected chi connectivity index (χ2v) is 7.29. The van der Waals surface area contributed by atoms with Gasteiger partial charge in [0.15, 0.2) is 0 Å². The number of nitrogens with zero attached hydrogens (tertiary/aromatic N) is 2. The Morgan fingerprint density at radius 1 is 0.889 bits per heavy atom.